The highest BCUT2D eigenvalue weighted by atomic mass is 15.7. The van der Waals surface area contributed by atoms with Crippen molar-refractivity contribution in [1.82, 2.24) is 50.9 Å². The largest absolute Gasteiger partial charge is 0.305 e. The third-order valence-corrected chi connectivity index (χ3v) is 6.58. The van der Waals surface area contributed by atoms with Crippen molar-refractivity contribution in [3.8, 4) is 0 Å². The number of benzene rings is 3. The second-order valence-corrected chi connectivity index (χ2v) is 9.94. The maximum atomic E-state index is 4.46. The first kappa shape index (κ1) is 25.5. The van der Waals surface area contributed by atoms with Gasteiger partial charge in [-0.05, 0) is 16.7 Å². The van der Waals surface area contributed by atoms with Gasteiger partial charge in [0.25, 0.3) is 0 Å². The van der Waals surface area contributed by atoms with E-state index in [1.165, 1.54) is 16.7 Å². The van der Waals surface area contributed by atoms with E-state index in [2.05, 4.69) is 96.2 Å². The van der Waals surface area contributed by atoms with Crippen molar-refractivity contribution in [2.75, 3.05) is 6.54 Å². The van der Waals surface area contributed by atoms with E-state index in [1.807, 2.05) is 64.2 Å². The highest BCUT2D eigenvalue weighted by Crippen LogP contribution is 2.13. The zero-order valence-electron chi connectivity index (χ0n) is 22.2. The predicted octanol–water partition coefficient (Wildman–Crippen LogP) is 3.33. The first-order valence-electron chi connectivity index (χ1n) is 13.4. The van der Waals surface area contributed by atoms with Crippen LogP contribution in [0.2, 0.25) is 0 Å². The predicted molar refractivity (Wildman–Crippen MR) is 152 cm³/mol. The average Bonchev–Trinajstić information content (AvgIpc) is 3.73. The molecule has 0 saturated heterocycles. The quantitative estimate of drug-likeness (QED) is 0.253. The summed E-state index contributed by atoms with van der Waals surface area (Å²) in [6, 6.07) is 31.0. The molecule has 0 radical (unpaired) electrons. The van der Waals surface area contributed by atoms with Gasteiger partial charge in [0, 0.05) is 25.8 Å². The molecule has 40 heavy (non-hydrogen) atoms. The van der Waals surface area contributed by atoms with Gasteiger partial charge < -0.3 is 5.43 Å². The van der Waals surface area contributed by atoms with Crippen molar-refractivity contribution in [3.63, 3.8) is 0 Å². The minimum absolute atomic E-state index is 0.623. The van der Waals surface area contributed by atoms with Gasteiger partial charge in [0.05, 0.1) is 49.1 Å². The Bertz CT molecular complexity index is 1430. The van der Waals surface area contributed by atoms with Crippen LogP contribution in [-0.4, -0.2) is 46.4 Å². The third-order valence-electron chi connectivity index (χ3n) is 6.58. The summed E-state index contributed by atoms with van der Waals surface area (Å²) in [6.07, 6.45) is 6.14. The second kappa shape index (κ2) is 12.4. The van der Waals surface area contributed by atoms with Gasteiger partial charge in [-0.3, -0.25) is 9.91 Å². The Hall–Kier alpha value is -4.80. The molecular weight excluding hydrogens is 500 g/mol. The van der Waals surface area contributed by atoms with Crippen molar-refractivity contribution < 1.29 is 0 Å². The zero-order valence-corrected chi connectivity index (χ0v) is 22.2. The zero-order chi connectivity index (χ0) is 27.0. The van der Waals surface area contributed by atoms with E-state index in [4.69, 9.17) is 0 Å². The smallest absolute Gasteiger partial charge is 0.0967 e. The Labute approximate surface area is 233 Å². The number of hydrogen-bond donors (Lipinski definition) is 2. The number of hydrazine groups is 2. The lowest BCUT2D eigenvalue weighted by molar-refractivity contribution is 0.250. The van der Waals surface area contributed by atoms with Gasteiger partial charge in [0.1, 0.15) is 0 Å². The molecule has 0 atom stereocenters. The van der Waals surface area contributed by atoms with E-state index in [0.29, 0.717) is 32.7 Å². The summed E-state index contributed by atoms with van der Waals surface area (Å²) >= 11 is 0. The fourth-order valence-electron chi connectivity index (χ4n) is 4.73. The first-order chi connectivity index (χ1) is 19.7. The van der Waals surface area contributed by atoms with Crippen LogP contribution in [0.4, 0.5) is 0 Å². The lowest BCUT2D eigenvalue weighted by Gasteiger charge is -2.20. The van der Waals surface area contributed by atoms with Gasteiger partial charge in [-0.25, -0.2) is 9.36 Å². The summed E-state index contributed by atoms with van der Waals surface area (Å²) in [5, 5.41) is 19.7. The molecule has 0 unspecified atom stereocenters. The molecule has 202 valence electrons. The standard InChI is InChI=1S/C30H32N10/c1-4-10-25(11-5-1)16-38-22-28(31-34-38)19-37(20-29-23-39(35-32-29)17-26-12-6-2-7-13-26)21-30-24-40(36-33-30)18-27-14-8-3-9-15-27/h1-15,22-24,31,34H,16-21H2. The molecule has 10 nitrogen and oxygen atoms in total. The van der Waals surface area contributed by atoms with Crippen LogP contribution in [0.15, 0.2) is 115 Å². The molecule has 0 spiro atoms. The molecule has 1 aliphatic rings. The van der Waals surface area contributed by atoms with Crippen LogP contribution in [0.25, 0.3) is 0 Å². The Morgan fingerprint density at radius 2 is 1.05 bits per heavy atom. The summed E-state index contributed by atoms with van der Waals surface area (Å²) in [6.45, 7) is 4.06. The molecule has 10 heteroatoms. The molecule has 3 aromatic carbocycles. The maximum Gasteiger partial charge on any atom is 0.0967 e. The molecule has 2 N–H and O–H groups in total. The van der Waals surface area contributed by atoms with E-state index < -0.39 is 0 Å². The van der Waals surface area contributed by atoms with Crippen molar-refractivity contribution in [1.29, 1.82) is 0 Å². The summed E-state index contributed by atoms with van der Waals surface area (Å²) in [4.78, 5) is 2.29. The molecule has 5 aromatic rings. The molecule has 2 aromatic heterocycles. The fraction of sp³-hybridized carbons (Fsp3) is 0.200. The van der Waals surface area contributed by atoms with E-state index in [9.17, 15) is 0 Å². The molecule has 3 heterocycles. The highest BCUT2D eigenvalue weighted by molar-refractivity contribution is 5.17. The number of nitrogens with zero attached hydrogens (tertiary/aromatic N) is 8. The van der Waals surface area contributed by atoms with Crippen LogP contribution >= 0.6 is 0 Å². The number of rotatable bonds is 12. The molecule has 1 aliphatic heterocycles. The van der Waals surface area contributed by atoms with Gasteiger partial charge in [-0.1, -0.05) is 101 Å². The molecule has 0 aliphatic carbocycles. The second-order valence-electron chi connectivity index (χ2n) is 9.94. The maximum absolute atomic E-state index is 4.46. The summed E-state index contributed by atoms with van der Waals surface area (Å²) < 4.78 is 3.77. The molecule has 0 saturated carbocycles. The van der Waals surface area contributed by atoms with Crippen LogP contribution < -0.4 is 11.0 Å². The lowest BCUT2D eigenvalue weighted by atomic mass is 10.2. The lowest BCUT2D eigenvalue weighted by Crippen LogP contribution is -2.37. The summed E-state index contributed by atoms with van der Waals surface area (Å²) in [5.41, 5.74) is 13.0. The Morgan fingerprint density at radius 3 is 1.55 bits per heavy atom. The SMILES string of the molecule is C1=C(CN(Cc2cn(Cc3ccccc3)nn2)Cc2cn(Cc3ccccc3)nn2)NNN1Cc1ccccc1. The van der Waals surface area contributed by atoms with Crippen LogP contribution in [-0.2, 0) is 32.7 Å². The highest BCUT2D eigenvalue weighted by Gasteiger charge is 2.18. The topological polar surface area (TPSA) is 92.0 Å². The number of aromatic nitrogens is 6. The molecule has 0 bridgehead atoms. The number of nitrogens with one attached hydrogen (secondary N) is 2. The molecular formula is C30H32N10. The van der Waals surface area contributed by atoms with Crippen molar-refractivity contribution >= 4 is 0 Å². The Kier molecular flexibility index (Phi) is 7.88. The van der Waals surface area contributed by atoms with Crippen molar-refractivity contribution in [2.45, 2.75) is 32.7 Å². The van der Waals surface area contributed by atoms with Crippen LogP contribution in [0, 0.1) is 0 Å². The third kappa shape index (κ3) is 6.99. The van der Waals surface area contributed by atoms with Gasteiger partial charge in [-0.2, -0.15) is 0 Å². The Morgan fingerprint density at radius 1 is 0.575 bits per heavy atom. The average molecular weight is 533 g/mol. The van der Waals surface area contributed by atoms with Gasteiger partial charge in [0.15, 0.2) is 0 Å². The minimum Gasteiger partial charge on any atom is -0.305 e. The monoisotopic (exact) mass is 532 g/mol. The van der Waals surface area contributed by atoms with Crippen LogP contribution in [0.3, 0.4) is 0 Å². The van der Waals surface area contributed by atoms with Gasteiger partial charge in [-0.15, -0.1) is 15.7 Å². The summed E-state index contributed by atoms with van der Waals surface area (Å²) in [7, 11) is 0. The molecule has 6 rings (SSSR count). The van der Waals surface area contributed by atoms with E-state index in [-0.39, 0.29) is 0 Å². The normalized spacial score (nSPS) is 13.0. The molecule has 0 fully saturated rings. The van der Waals surface area contributed by atoms with Gasteiger partial charge in [0.2, 0.25) is 0 Å². The molecule has 0 amide bonds. The van der Waals surface area contributed by atoms with Crippen molar-refractivity contribution in [2.24, 2.45) is 0 Å². The van der Waals surface area contributed by atoms with Crippen molar-refractivity contribution in [3.05, 3.63) is 143 Å². The first-order valence-corrected chi connectivity index (χ1v) is 13.4. The van der Waals surface area contributed by atoms with E-state index in [0.717, 1.165) is 23.6 Å². The Balaban J connectivity index is 1.15. The minimum atomic E-state index is 0.623. The number of hydrogen-bond acceptors (Lipinski definition) is 8. The van der Waals surface area contributed by atoms with Crippen LogP contribution in [0.1, 0.15) is 28.1 Å². The van der Waals surface area contributed by atoms with Gasteiger partial charge >= 0.3 is 0 Å². The van der Waals surface area contributed by atoms with E-state index in [1.54, 1.807) is 0 Å². The van der Waals surface area contributed by atoms with Crippen LogP contribution in [0.5, 0.6) is 0 Å². The fourth-order valence-corrected chi connectivity index (χ4v) is 4.73. The summed E-state index contributed by atoms with van der Waals surface area (Å²) in [5.74, 6) is 0. The van der Waals surface area contributed by atoms with E-state index >= 15 is 0 Å².